The van der Waals surface area contributed by atoms with E-state index in [-0.39, 0.29) is 11.3 Å². The lowest BCUT2D eigenvalue weighted by atomic mass is 10.1. The Hall–Kier alpha value is -3.29. The van der Waals surface area contributed by atoms with Gasteiger partial charge in [0.15, 0.2) is 0 Å². The molecule has 0 radical (unpaired) electrons. The molecule has 142 valence electrons. The number of hydrogen-bond donors (Lipinski definition) is 0. The number of ether oxygens (including phenoxy) is 3. The lowest BCUT2D eigenvalue weighted by molar-refractivity contribution is 0.393. The van der Waals surface area contributed by atoms with Crippen molar-refractivity contribution in [2.75, 3.05) is 21.3 Å². The normalized spacial score (nSPS) is 10.7. The van der Waals surface area contributed by atoms with Crippen LogP contribution in [0, 0.1) is 11.6 Å². The van der Waals surface area contributed by atoms with E-state index < -0.39 is 22.8 Å². The van der Waals surface area contributed by atoms with Crippen LogP contribution in [0.15, 0.2) is 41.3 Å². The van der Waals surface area contributed by atoms with Crippen molar-refractivity contribution in [3.8, 4) is 34.1 Å². The van der Waals surface area contributed by atoms with E-state index in [1.54, 1.807) is 25.2 Å². The molecule has 8 heteroatoms. The molecule has 3 rings (SSSR count). The highest BCUT2D eigenvalue weighted by Gasteiger charge is 2.21. The fourth-order valence-electron chi connectivity index (χ4n) is 2.87. The molecule has 0 aliphatic rings. The molecule has 0 fully saturated rings. The minimum Gasteiger partial charge on any atom is -0.497 e. The average Bonchev–Trinajstić information content (AvgIpc) is 2.94. The first-order chi connectivity index (χ1) is 12.9. The number of aryl methyl sites for hydroxylation is 1. The van der Waals surface area contributed by atoms with Gasteiger partial charge in [-0.2, -0.15) is 0 Å². The Morgan fingerprint density at radius 3 is 1.78 bits per heavy atom. The number of methoxy groups -OCH3 is 3. The van der Waals surface area contributed by atoms with Crippen molar-refractivity contribution in [3.63, 3.8) is 0 Å². The van der Waals surface area contributed by atoms with Gasteiger partial charge in [-0.15, -0.1) is 0 Å². The Labute approximate surface area is 154 Å². The summed E-state index contributed by atoms with van der Waals surface area (Å²) in [5.41, 5.74) is -0.683. The van der Waals surface area contributed by atoms with Crippen LogP contribution >= 0.6 is 0 Å². The molecule has 0 spiro atoms. The van der Waals surface area contributed by atoms with Gasteiger partial charge in [0, 0.05) is 43.6 Å². The van der Waals surface area contributed by atoms with Crippen molar-refractivity contribution < 1.29 is 23.0 Å². The minimum atomic E-state index is -0.884. The maximum absolute atomic E-state index is 14.4. The van der Waals surface area contributed by atoms with Gasteiger partial charge in [-0.05, 0) is 0 Å². The molecule has 1 aromatic heterocycles. The monoisotopic (exact) mass is 376 g/mol. The third kappa shape index (κ3) is 3.25. The Morgan fingerprint density at radius 1 is 0.815 bits per heavy atom. The predicted octanol–water partition coefficient (Wildman–Crippen LogP) is 3.15. The quantitative estimate of drug-likeness (QED) is 0.687. The summed E-state index contributed by atoms with van der Waals surface area (Å²) < 4.78 is 46.8. The number of halogens is 2. The summed E-state index contributed by atoms with van der Waals surface area (Å²) in [5, 5.41) is 0. The van der Waals surface area contributed by atoms with Crippen molar-refractivity contribution in [2.24, 2.45) is 7.05 Å². The minimum absolute atomic E-state index is 0.0301. The average molecular weight is 376 g/mol. The SMILES string of the molecule is COc1cc(OC)cc(-n2c(=O)c(-c3c(F)cc(OC)cc3F)cn2C)c1. The van der Waals surface area contributed by atoms with Crippen LogP contribution < -0.4 is 19.8 Å². The van der Waals surface area contributed by atoms with Gasteiger partial charge < -0.3 is 14.2 Å². The molecule has 0 atom stereocenters. The van der Waals surface area contributed by atoms with Gasteiger partial charge in [0.2, 0.25) is 0 Å². The summed E-state index contributed by atoms with van der Waals surface area (Å²) in [6, 6.07) is 6.96. The molecule has 0 saturated carbocycles. The Balaban J connectivity index is 2.22. The van der Waals surface area contributed by atoms with Gasteiger partial charge in [-0.3, -0.25) is 9.48 Å². The fraction of sp³-hybridized carbons (Fsp3) is 0.211. The van der Waals surface area contributed by atoms with Crippen LogP contribution in [-0.4, -0.2) is 30.7 Å². The molecular weight excluding hydrogens is 358 g/mol. The molecule has 27 heavy (non-hydrogen) atoms. The molecule has 2 aromatic carbocycles. The van der Waals surface area contributed by atoms with Crippen LogP contribution in [0.25, 0.3) is 16.8 Å². The van der Waals surface area contributed by atoms with Crippen LogP contribution in [0.1, 0.15) is 0 Å². The van der Waals surface area contributed by atoms with Crippen molar-refractivity contribution in [1.29, 1.82) is 0 Å². The van der Waals surface area contributed by atoms with E-state index in [2.05, 4.69) is 0 Å². The van der Waals surface area contributed by atoms with Crippen molar-refractivity contribution in [3.05, 3.63) is 58.5 Å². The smallest absolute Gasteiger partial charge is 0.279 e. The van der Waals surface area contributed by atoms with E-state index in [9.17, 15) is 13.6 Å². The molecule has 6 nitrogen and oxygen atoms in total. The molecule has 1 heterocycles. The summed E-state index contributed by atoms with van der Waals surface area (Å²) in [6.07, 6.45) is 1.36. The van der Waals surface area contributed by atoms with E-state index in [0.717, 1.165) is 12.1 Å². The number of benzene rings is 2. The number of rotatable bonds is 5. The van der Waals surface area contributed by atoms with Crippen LogP contribution in [0.3, 0.4) is 0 Å². The third-order valence-corrected chi connectivity index (χ3v) is 4.16. The first-order valence-electron chi connectivity index (χ1n) is 7.95. The lowest BCUT2D eigenvalue weighted by Gasteiger charge is -2.11. The van der Waals surface area contributed by atoms with E-state index >= 15 is 0 Å². The first kappa shape index (κ1) is 18.5. The summed E-state index contributed by atoms with van der Waals surface area (Å²) >= 11 is 0. The highest BCUT2D eigenvalue weighted by atomic mass is 19.1. The van der Waals surface area contributed by atoms with Gasteiger partial charge in [0.1, 0.15) is 28.9 Å². The number of nitrogens with zero attached hydrogens (tertiary/aromatic N) is 2. The standard InChI is InChI=1S/C19H18F2N2O4/c1-22-10-15(18-16(20)8-14(27-4)9-17(18)21)19(24)23(22)11-5-12(25-2)7-13(6-11)26-3/h5-10H,1-4H3. The van der Waals surface area contributed by atoms with E-state index in [1.165, 1.54) is 36.9 Å². The second-order valence-corrected chi connectivity index (χ2v) is 5.77. The summed E-state index contributed by atoms with van der Waals surface area (Å²) in [6.45, 7) is 0. The fourth-order valence-corrected chi connectivity index (χ4v) is 2.87. The van der Waals surface area contributed by atoms with Crippen LogP contribution in [0.5, 0.6) is 17.2 Å². The van der Waals surface area contributed by atoms with Crippen molar-refractivity contribution >= 4 is 0 Å². The Kier molecular flexibility index (Phi) is 4.89. The van der Waals surface area contributed by atoms with Crippen molar-refractivity contribution in [2.45, 2.75) is 0 Å². The molecule has 0 bridgehead atoms. The molecule has 0 unspecified atom stereocenters. The Morgan fingerprint density at radius 2 is 1.30 bits per heavy atom. The van der Waals surface area contributed by atoms with E-state index in [1.807, 2.05) is 0 Å². The zero-order valence-corrected chi connectivity index (χ0v) is 15.2. The maximum Gasteiger partial charge on any atom is 0.279 e. The molecule has 3 aromatic rings. The van der Waals surface area contributed by atoms with Crippen LogP contribution in [0.4, 0.5) is 8.78 Å². The highest BCUT2D eigenvalue weighted by molar-refractivity contribution is 5.65. The van der Waals surface area contributed by atoms with Crippen LogP contribution in [-0.2, 0) is 7.05 Å². The van der Waals surface area contributed by atoms with Crippen molar-refractivity contribution in [1.82, 2.24) is 9.36 Å². The first-order valence-corrected chi connectivity index (χ1v) is 7.95. The summed E-state index contributed by atoms with van der Waals surface area (Å²) in [4.78, 5) is 12.9. The third-order valence-electron chi connectivity index (χ3n) is 4.16. The van der Waals surface area contributed by atoms with Gasteiger partial charge in [-0.25, -0.2) is 13.5 Å². The second-order valence-electron chi connectivity index (χ2n) is 5.77. The Bertz CT molecular complexity index is 1010. The largest absolute Gasteiger partial charge is 0.497 e. The van der Waals surface area contributed by atoms with E-state index in [4.69, 9.17) is 14.2 Å². The molecular formula is C19H18F2N2O4. The molecule has 0 amide bonds. The van der Waals surface area contributed by atoms with Gasteiger partial charge in [0.25, 0.3) is 5.56 Å². The summed E-state index contributed by atoms with van der Waals surface area (Å²) in [5.74, 6) is -0.793. The number of hydrogen-bond acceptors (Lipinski definition) is 4. The zero-order chi connectivity index (χ0) is 19.7. The zero-order valence-electron chi connectivity index (χ0n) is 15.2. The van der Waals surface area contributed by atoms with Gasteiger partial charge in [-0.1, -0.05) is 0 Å². The van der Waals surface area contributed by atoms with Crippen LogP contribution in [0.2, 0.25) is 0 Å². The predicted molar refractivity (Wildman–Crippen MR) is 96.0 cm³/mol. The molecule has 0 N–H and O–H groups in total. The lowest BCUT2D eigenvalue weighted by Crippen LogP contribution is -2.20. The topological polar surface area (TPSA) is 54.6 Å². The highest BCUT2D eigenvalue weighted by Crippen LogP contribution is 2.29. The van der Waals surface area contributed by atoms with Gasteiger partial charge >= 0.3 is 0 Å². The van der Waals surface area contributed by atoms with E-state index in [0.29, 0.717) is 17.2 Å². The molecule has 0 aliphatic heterocycles. The number of aromatic nitrogens is 2. The second kappa shape index (κ2) is 7.14. The maximum atomic E-state index is 14.4. The molecule has 0 aliphatic carbocycles. The summed E-state index contributed by atoms with van der Waals surface area (Å²) in [7, 11) is 5.87. The molecule has 0 saturated heterocycles. The van der Waals surface area contributed by atoms with Gasteiger partial charge in [0.05, 0.1) is 38.1 Å².